The van der Waals surface area contributed by atoms with Gasteiger partial charge in [-0.05, 0) is 45.0 Å². The highest BCUT2D eigenvalue weighted by Gasteiger charge is 2.17. The third kappa shape index (κ3) is 3.88. The summed E-state index contributed by atoms with van der Waals surface area (Å²) >= 11 is 0. The van der Waals surface area contributed by atoms with Crippen molar-refractivity contribution in [2.75, 3.05) is 4.90 Å². The molecule has 2 aromatic carbocycles. The average Bonchev–Trinajstić information content (AvgIpc) is 3.09. The van der Waals surface area contributed by atoms with E-state index in [9.17, 15) is 10.1 Å². The number of aryl methyl sites for hydroxylation is 1. The molecule has 3 aromatic rings. The topological polar surface area (TPSA) is 85.3 Å². The molecule has 0 saturated carbocycles. The molecule has 0 aliphatic carbocycles. The van der Waals surface area contributed by atoms with Gasteiger partial charge in [0.1, 0.15) is 0 Å². The largest absolute Gasteiger partial charge is 0.360 e. The Balaban J connectivity index is 1.79. The Morgan fingerprint density at radius 2 is 1.77 bits per heavy atom. The molecule has 26 heavy (non-hydrogen) atoms. The summed E-state index contributed by atoms with van der Waals surface area (Å²) in [4.78, 5) is 16.9. The zero-order valence-corrected chi connectivity index (χ0v) is 14.9. The minimum absolute atomic E-state index is 0.0304. The molecule has 1 aromatic heterocycles. The van der Waals surface area contributed by atoms with Crippen LogP contribution in [0.5, 0.6) is 0 Å². The maximum absolute atomic E-state index is 10.7. The first-order chi connectivity index (χ1) is 12.4. The Morgan fingerprint density at radius 3 is 2.35 bits per heavy atom. The molecule has 0 radical (unpaired) electrons. The lowest BCUT2D eigenvalue weighted by Crippen LogP contribution is -2.30. The maximum atomic E-state index is 10.7. The summed E-state index contributed by atoms with van der Waals surface area (Å²) in [5.41, 5.74) is 3.00. The van der Waals surface area contributed by atoms with Crippen LogP contribution < -0.4 is 4.90 Å². The van der Waals surface area contributed by atoms with Crippen molar-refractivity contribution >= 4 is 11.4 Å². The van der Waals surface area contributed by atoms with Crippen LogP contribution in [0.4, 0.5) is 11.4 Å². The van der Waals surface area contributed by atoms with Crippen molar-refractivity contribution in [3.63, 3.8) is 0 Å². The smallest absolute Gasteiger partial charge is 0.269 e. The van der Waals surface area contributed by atoms with Crippen molar-refractivity contribution < 1.29 is 9.45 Å². The van der Waals surface area contributed by atoms with Gasteiger partial charge in [-0.15, -0.1) is 0 Å². The van der Waals surface area contributed by atoms with Gasteiger partial charge in [0.25, 0.3) is 5.69 Å². The number of hydrogen-bond acceptors (Lipinski definition) is 6. The fourth-order valence-electron chi connectivity index (χ4n) is 2.62. The van der Waals surface area contributed by atoms with Crippen LogP contribution in [-0.2, 0) is 6.54 Å². The molecular formula is C19H20N4O3. The second kappa shape index (κ2) is 7.35. The van der Waals surface area contributed by atoms with E-state index in [4.69, 9.17) is 4.52 Å². The zero-order chi connectivity index (χ0) is 18.7. The van der Waals surface area contributed by atoms with E-state index in [2.05, 4.69) is 60.1 Å². The number of nitrogens with zero attached hydrogens (tertiary/aromatic N) is 4. The van der Waals surface area contributed by atoms with Gasteiger partial charge in [0.05, 0.1) is 11.5 Å². The molecule has 0 amide bonds. The molecule has 7 nitrogen and oxygen atoms in total. The molecule has 0 aliphatic heterocycles. The van der Waals surface area contributed by atoms with Gasteiger partial charge in [-0.25, -0.2) is 0 Å². The number of nitro groups is 1. The predicted octanol–water partition coefficient (Wildman–Crippen LogP) is 4.37. The second-order valence-electron chi connectivity index (χ2n) is 6.37. The van der Waals surface area contributed by atoms with Crippen LogP contribution in [0.1, 0.15) is 25.3 Å². The van der Waals surface area contributed by atoms with Crippen molar-refractivity contribution in [2.24, 2.45) is 0 Å². The molecule has 1 heterocycles. The van der Waals surface area contributed by atoms with Crippen molar-refractivity contribution in [3.8, 4) is 11.4 Å². The maximum Gasteiger partial charge on any atom is 0.269 e. The molecule has 134 valence electrons. The SMILES string of the molecule is Cc1ccc(N(Cc2nc(-c3ccc([N+](=O)[O-])cc3)no2)C(C)C)cc1. The number of hydrogen-bond donors (Lipinski definition) is 0. The Hall–Kier alpha value is -3.22. The lowest BCUT2D eigenvalue weighted by atomic mass is 10.2. The van der Waals surface area contributed by atoms with Gasteiger partial charge in [0, 0.05) is 29.4 Å². The van der Waals surface area contributed by atoms with Crippen molar-refractivity contribution in [1.82, 2.24) is 10.1 Å². The quantitative estimate of drug-likeness (QED) is 0.484. The van der Waals surface area contributed by atoms with Crippen molar-refractivity contribution in [2.45, 2.75) is 33.4 Å². The molecule has 0 N–H and O–H groups in total. The summed E-state index contributed by atoms with van der Waals surface area (Å²) in [6.07, 6.45) is 0. The minimum atomic E-state index is -0.437. The summed E-state index contributed by atoms with van der Waals surface area (Å²) in [6.45, 7) is 6.75. The molecule has 3 rings (SSSR count). The van der Waals surface area contributed by atoms with Gasteiger partial charge in [-0.2, -0.15) is 4.98 Å². The predicted molar refractivity (Wildman–Crippen MR) is 98.9 cm³/mol. The highest BCUT2D eigenvalue weighted by atomic mass is 16.6. The molecule has 0 saturated heterocycles. The van der Waals surface area contributed by atoms with Crippen LogP contribution in [0.15, 0.2) is 53.1 Å². The Labute approximate surface area is 151 Å². The van der Waals surface area contributed by atoms with Gasteiger partial charge in [-0.3, -0.25) is 10.1 Å². The molecule has 0 aliphatic rings. The lowest BCUT2D eigenvalue weighted by Gasteiger charge is -2.27. The van der Waals surface area contributed by atoms with Crippen LogP contribution in [0.25, 0.3) is 11.4 Å². The van der Waals surface area contributed by atoms with Crippen LogP contribution >= 0.6 is 0 Å². The molecule has 0 spiro atoms. The second-order valence-corrected chi connectivity index (χ2v) is 6.37. The number of rotatable bonds is 6. The number of non-ortho nitro benzene ring substituents is 1. The van der Waals surface area contributed by atoms with Crippen molar-refractivity contribution in [3.05, 3.63) is 70.1 Å². The summed E-state index contributed by atoms with van der Waals surface area (Å²) in [6, 6.07) is 14.6. The number of nitro benzene ring substituents is 1. The third-order valence-corrected chi connectivity index (χ3v) is 4.10. The molecule has 0 fully saturated rings. The van der Waals surface area contributed by atoms with Crippen LogP contribution in [0.2, 0.25) is 0 Å². The van der Waals surface area contributed by atoms with Gasteiger partial charge in [0.2, 0.25) is 11.7 Å². The highest BCUT2D eigenvalue weighted by molar-refractivity contribution is 5.56. The molecule has 0 atom stereocenters. The van der Waals surface area contributed by atoms with Crippen LogP contribution in [0.3, 0.4) is 0 Å². The van der Waals surface area contributed by atoms with E-state index in [0.717, 1.165) is 5.69 Å². The Morgan fingerprint density at radius 1 is 1.12 bits per heavy atom. The number of benzene rings is 2. The van der Waals surface area contributed by atoms with E-state index in [-0.39, 0.29) is 11.7 Å². The highest BCUT2D eigenvalue weighted by Crippen LogP contribution is 2.23. The van der Waals surface area contributed by atoms with E-state index < -0.39 is 4.92 Å². The van der Waals surface area contributed by atoms with Gasteiger partial charge in [-0.1, -0.05) is 22.9 Å². The first kappa shape index (κ1) is 17.6. The molecule has 7 heteroatoms. The molecule has 0 unspecified atom stereocenters. The van der Waals surface area contributed by atoms with E-state index in [1.54, 1.807) is 12.1 Å². The van der Waals surface area contributed by atoms with Crippen LogP contribution in [0, 0.1) is 17.0 Å². The van der Waals surface area contributed by atoms with Gasteiger partial charge < -0.3 is 9.42 Å². The first-order valence-corrected chi connectivity index (χ1v) is 8.35. The summed E-state index contributed by atoms with van der Waals surface area (Å²) in [7, 11) is 0. The average molecular weight is 352 g/mol. The summed E-state index contributed by atoms with van der Waals surface area (Å²) in [5, 5.41) is 14.7. The lowest BCUT2D eigenvalue weighted by molar-refractivity contribution is -0.384. The number of aromatic nitrogens is 2. The van der Waals surface area contributed by atoms with E-state index >= 15 is 0 Å². The summed E-state index contributed by atoms with van der Waals surface area (Å²) in [5.74, 6) is 0.912. The molecular weight excluding hydrogens is 332 g/mol. The zero-order valence-electron chi connectivity index (χ0n) is 14.9. The van der Waals surface area contributed by atoms with Crippen molar-refractivity contribution in [1.29, 1.82) is 0 Å². The normalized spacial score (nSPS) is 10.9. The summed E-state index contributed by atoms with van der Waals surface area (Å²) < 4.78 is 5.39. The fraction of sp³-hybridized carbons (Fsp3) is 0.263. The number of anilines is 1. The molecule has 0 bridgehead atoms. The van der Waals surface area contributed by atoms with E-state index in [0.29, 0.717) is 23.8 Å². The Bertz CT molecular complexity index is 886. The Kier molecular flexibility index (Phi) is 4.97. The minimum Gasteiger partial charge on any atom is -0.360 e. The monoisotopic (exact) mass is 352 g/mol. The van der Waals surface area contributed by atoms with Crippen LogP contribution in [-0.4, -0.2) is 21.1 Å². The van der Waals surface area contributed by atoms with Gasteiger partial charge >= 0.3 is 0 Å². The standard InChI is InChI=1S/C19H20N4O3/c1-13(2)22(16-8-4-14(3)5-9-16)12-18-20-19(21-26-18)15-6-10-17(11-7-15)23(24)25/h4-11,13H,12H2,1-3H3. The van der Waals surface area contributed by atoms with Gasteiger partial charge in [0.15, 0.2) is 0 Å². The fourth-order valence-corrected chi connectivity index (χ4v) is 2.62. The first-order valence-electron chi connectivity index (χ1n) is 8.35. The van der Waals surface area contributed by atoms with E-state index in [1.807, 2.05) is 0 Å². The van der Waals surface area contributed by atoms with E-state index in [1.165, 1.54) is 17.7 Å². The third-order valence-electron chi connectivity index (χ3n) is 4.10.